The van der Waals surface area contributed by atoms with Gasteiger partial charge in [0.05, 0.1) is 17.0 Å². The fourth-order valence-corrected chi connectivity index (χ4v) is 3.56. The van der Waals surface area contributed by atoms with Gasteiger partial charge in [-0.2, -0.15) is 0 Å². The number of hydrogen-bond acceptors (Lipinski definition) is 4. The van der Waals surface area contributed by atoms with Gasteiger partial charge in [-0.25, -0.2) is 4.39 Å². The first-order chi connectivity index (χ1) is 14.7. The third-order valence-corrected chi connectivity index (χ3v) is 5.26. The number of carbonyl (C=O) groups is 3. The van der Waals surface area contributed by atoms with E-state index in [1.165, 1.54) is 28.8 Å². The highest BCUT2D eigenvalue weighted by Gasteiger charge is 2.21. The monoisotopic (exact) mass is 446 g/mol. The van der Waals surface area contributed by atoms with Gasteiger partial charge in [-0.3, -0.25) is 19.0 Å². The third kappa shape index (κ3) is 4.86. The molecule has 0 saturated carbocycles. The van der Waals surface area contributed by atoms with E-state index in [-0.39, 0.29) is 48.0 Å². The zero-order valence-corrected chi connectivity index (χ0v) is 17.4. The predicted octanol–water partition coefficient (Wildman–Crippen LogP) is 3.66. The number of nitrogens with one attached hydrogen (secondary N) is 1. The lowest BCUT2D eigenvalue weighted by atomic mass is 10.1. The number of rotatable bonds is 7. The molecule has 0 radical (unpaired) electrons. The van der Waals surface area contributed by atoms with Crippen molar-refractivity contribution in [2.24, 2.45) is 0 Å². The Bertz CT molecular complexity index is 1190. The standard InChI is InChI=1S/C22H20ClFN2O5/c1-12-15(4-7-20(28)25-9-8-21(29)30)16-11-14(27)3-6-19(16)26(12)22(31)13-2-5-17(23)18(24)10-13/h2-3,5-6,10-11,27H,4,7-9H2,1H3,(H,25,28)(H,29,30). The van der Waals surface area contributed by atoms with Gasteiger partial charge < -0.3 is 15.5 Å². The summed E-state index contributed by atoms with van der Waals surface area (Å²) in [7, 11) is 0. The number of aromatic hydroxyl groups is 1. The summed E-state index contributed by atoms with van der Waals surface area (Å²) < 4.78 is 15.3. The van der Waals surface area contributed by atoms with E-state index in [4.69, 9.17) is 16.7 Å². The summed E-state index contributed by atoms with van der Waals surface area (Å²) in [4.78, 5) is 35.8. The molecular weight excluding hydrogens is 427 g/mol. The Hall–Kier alpha value is -3.39. The molecule has 1 amide bonds. The second-order valence-electron chi connectivity index (χ2n) is 7.03. The van der Waals surface area contributed by atoms with Crippen LogP contribution < -0.4 is 5.32 Å². The van der Waals surface area contributed by atoms with E-state index in [1.54, 1.807) is 13.0 Å². The van der Waals surface area contributed by atoms with Gasteiger partial charge in [0, 0.05) is 29.6 Å². The Morgan fingerprint density at radius 3 is 2.55 bits per heavy atom. The minimum absolute atomic E-state index is 0.00166. The topological polar surface area (TPSA) is 109 Å². The Morgan fingerprint density at radius 2 is 1.87 bits per heavy atom. The lowest BCUT2D eigenvalue weighted by molar-refractivity contribution is -0.136. The highest BCUT2D eigenvalue weighted by atomic mass is 35.5. The number of phenolic OH excluding ortho intramolecular Hbond substituents is 1. The molecule has 0 spiro atoms. The summed E-state index contributed by atoms with van der Waals surface area (Å²) in [5.41, 5.74) is 1.85. The third-order valence-electron chi connectivity index (χ3n) is 4.95. The molecule has 0 aliphatic carbocycles. The van der Waals surface area contributed by atoms with Crippen molar-refractivity contribution in [2.75, 3.05) is 6.54 Å². The lowest BCUT2D eigenvalue weighted by Crippen LogP contribution is -2.26. The maximum Gasteiger partial charge on any atom is 0.305 e. The van der Waals surface area contributed by atoms with Crippen molar-refractivity contribution >= 4 is 40.3 Å². The molecular formula is C22H20ClFN2O5. The van der Waals surface area contributed by atoms with E-state index >= 15 is 0 Å². The van der Waals surface area contributed by atoms with Crippen LogP contribution in [0, 0.1) is 12.7 Å². The minimum Gasteiger partial charge on any atom is -0.508 e. The molecule has 3 aromatic rings. The number of aliphatic carboxylic acids is 1. The van der Waals surface area contributed by atoms with E-state index in [9.17, 15) is 23.9 Å². The largest absolute Gasteiger partial charge is 0.508 e. The summed E-state index contributed by atoms with van der Waals surface area (Å²) in [6.45, 7) is 1.73. The number of phenols is 1. The fraction of sp³-hybridized carbons (Fsp3) is 0.227. The number of carboxylic acids is 1. The predicted molar refractivity (Wildman–Crippen MR) is 113 cm³/mol. The van der Waals surface area contributed by atoms with Crippen LogP contribution in [0.25, 0.3) is 10.9 Å². The molecule has 0 aliphatic rings. The minimum atomic E-state index is -1.01. The molecule has 162 valence electrons. The summed E-state index contributed by atoms with van der Waals surface area (Å²) in [6.07, 6.45) is 0.156. The summed E-state index contributed by atoms with van der Waals surface area (Å²) >= 11 is 5.71. The van der Waals surface area contributed by atoms with Crippen LogP contribution in [0.3, 0.4) is 0 Å². The number of fused-ring (bicyclic) bond motifs is 1. The van der Waals surface area contributed by atoms with Gasteiger partial charge in [-0.15, -0.1) is 0 Å². The van der Waals surface area contributed by atoms with Crippen molar-refractivity contribution < 1.29 is 29.0 Å². The van der Waals surface area contributed by atoms with Crippen LogP contribution in [0.5, 0.6) is 5.75 Å². The maximum absolute atomic E-state index is 13.9. The summed E-state index contributed by atoms with van der Waals surface area (Å²) in [6, 6.07) is 8.32. The van der Waals surface area contributed by atoms with Crippen molar-refractivity contribution in [1.29, 1.82) is 0 Å². The first-order valence-electron chi connectivity index (χ1n) is 9.50. The van der Waals surface area contributed by atoms with Crippen molar-refractivity contribution in [1.82, 2.24) is 9.88 Å². The van der Waals surface area contributed by atoms with E-state index in [0.717, 1.165) is 6.07 Å². The number of carbonyl (C=O) groups excluding carboxylic acids is 2. The summed E-state index contributed by atoms with van der Waals surface area (Å²) in [5.74, 6) is -2.51. The van der Waals surface area contributed by atoms with Crippen molar-refractivity contribution in [3.8, 4) is 5.75 Å². The van der Waals surface area contributed by atoms with Gasteiger partial charge >= 0.3 is 5.97 Å². The molecule has 0 unspecified atom stereocenters. The number of amides is 1. The van der Waals surface area contributed by atoms with Gasteiger partial charge in [0.15, 0.2) is 0 Å². The zero-order chi connectivity index (χ0) is 22.7. The Morgan fingerprint density at radius 1 is 1.13 bits per heavy atom. The van der Waals surface area contributed by atoms with E-state index in [2.05, 4.69) is 5.32 Å². The average Bonchev–Trinajstić information content (AvgIpc) is 2.98. The Labute approximate surface area is 182 Å². The Kier molecular flexibility index (Phi) is 6.60. The highest BCUT2D eigenvalue weighted by Crippen LogP contribution is 2.31. The van der Waals surface area contributed by atoms with Gasteiger partial charge in [0.2, 0.25) is 5.91 Å². The van der Waals surface area contributed by atoms with Gasteiger partial charge in [0.25, 0.3) is 5.91 Å². The quantitative estimate of drug-likeness (QED) is 0.513. The SMILES string of the molecule is Cc1c(CCC(=O)NCCC(=O)O)c2cc(O)ccc2n1C(=O)c1ccc(Cl)c(F)c1. The van der Waals surface area contributed by atoms with Crippen LogP contribution in [0.1, 0.15) is 34.5 Å². The average molecular weight is 447 g/mol. The molecule has 9 heteroatoms. The normalized spacial score (nSPS) is 10.9. The second-order valence-corrected chi connectivity index (χ2v) is 7.44. The van der Waals surface area contributed by atoms with Crippen molar-refractivity contribution in [3.05, 3.63) is 64.1 Å². The van der Waals surface area contributed by atoms with Gasteiger partial charge in [-0.05, 0) is 55.3 Å². The molecule has 2 aromatic carbocycles. The second kappa shape index (κ2) is 9.18. The number of carboxylic acid groups (broad SMARTS) is 1. The molecule has 0 fully saturated rings. The van der Waals surface area contributed by atoms with Crippen LogP contribution in [-0.4, -0.2) is 39.1 Å². The number of benzene rings is 2. The first kappa shape index (κ1) is 22.3. The molecule has 0 atom stereocenters. The van der Waals surface area contributed by atoms with Crippen LogP contribution in [-0.2, 0) is 16.0 Å². The molecule has 7 nitrogen and oxygen atoms in total. The first-order valence-corrected chi connectivity index (χ1v) is 9.88. The van der Waals surface area contributed by atoms with Gasteiger partial charge in [0.1, 0.15) is 11.6 Å². The highest BCUT2D eigenvalue weighted by molar-refractivity contribution is 6.30. The lowest BCUT2D eigenvalue weighted by Gasteiger charge is -2.08. The molecule has 3 rings (SSSR count). The number of nitrogens with zero attached hydrogens (tertiary/aromatic N) is 1. The van der Waals surface area contributed by atoms with E-state index < -0.39 is 17.7 Å². The molecule has 0 saturated heterocycles. The summed E-state index contributed by atoms with van der Waals surface area (Å²) in [5, 5.41) is 21.6. The van der Waals surface area contributed by atoms with Crippen molar-refractivity contribution in [2.45, 2.75) is 26.2 Å². The molecule has 0 aliphatic heterocycles. The molecule has 3 N–H and O–H groups in total. The number of halogens is 2. The molecule has 1 aromatic heterocycles. The number of aromatic nitrogens is 1. The van der Waals surface area contributed by atoms with Crippen LogP contribution in [0.4, 0.5) is 4.39 Å². The molecule has 1 heterocycles. The fourth-order valence-electron chi connectivity index (χ4n) is 3.44. The van der Waals surface area contributed by atoms with E-state index in [1.807, 2.05) is 0 Å². The molecule has 0 bridgehead atoms. The maximum atomic E-state index is 13.9. The zero-order valence-electron chi connectivity index (χ0n) is 16.6. The number of hydrogen-bond donors (Lipinski definition) is 3. The number of aryl methyl sites for hydroxylation is 1. The van der Waals surface area contributed by atoms with Crippen LogP contribution >= 0.6 is 11.6 Å². The van der Waals surface area contributed by atoms with Gasteiger partial charge in [-0.1, -0.05) is 11.6 Å². The van der Waals surface area contributed by atoms with Crippen molar-refractivity contribution in [3.63, 3.8) is 0 Å². The molecule has 31 heavy (non-hydrogen) atoms. The van der Waals surface area contributed by atoms with Crippen LogP contribution in [0.15, 0.2) is 36.4 Å². The van der Waals surface area contributed by atoms with Crippen LogP contribution in [0.2, 0.25) is 5.02 Å². The Balaban J connectivity index is 1.94. The van der Waals surface area contributed by atoms with E-state index in [0.29, 0.717) is 22.2 Å². The smallest absolute Gasteiger partial charge is 0.305 e.